The SMILES string of the molecule is CC(C)(O)C(C)(C)OBc1cccc2sc3ccc(-c4cccc(-c5cccc(-c6ccccc6)c5)c4)cc3c12. The van der Waals surface area contributed by atoms with Gasteiger partial charge in [0.15, 0.2) is 0 Å². The lowest BCUT2D eigenvalue weighted by Gasteiger charge is -2.37. The molecule has 2 nitrogen and oxygen atoms in total. The number of rotatable bonds is 7. The fourth-order valence-corrected chi connectivity index (χ4v) is 6.16. The first kappa shape index (κ1) is 26.5. The summed E-state index contributed by atoms with van der Waals surface area (Å²) in [5.74, 6) is 0. The Hall–Kier alpha value is -3.70. The van der Waals surface area contributed by atoms with Crippen LogP contribution in [0.15, 0.2) is 115 Å². The van der Waals surface area contributed by atoms with E-state index in [1.807, 2.05) is 25.2 Å². The molecule has 0 unspecified atom stereocenters. The fraction of sp³-hybridized carbons (Fsp3) is 0.167. The van der Waals surface area contributed by atoms with Gasteiger partial charge < -0.3 is 9.76 Å². The maximum Gasteiger partial charge on any atom is 0.310 e. The molecule has 198 valence electrons. The van der Waals surface area contributed by atoms with Crippen LogP contribution >= 0.6 is 11.3 Å². The Morgan fingerprint density at radius 2 is 1.12 bits per heavy atom. The van der Waals surface area contributed by atoms with Crippen molar-refractivity contribution in [1.29, 1.82) is 0 Å². The summed E-state index contributed by atoms with van der Waals surface area (Å²) in [4.78, 5) is 0. The first-order valence-corrected chi connectivity index (χ1v) is 14.6. The molecule has 1 heterocycles. The van der Waals surface area contributed by atoms with Crippen molar-refractivity contribution in [2.75, 3.05) is 0 Å². The molecule has 6 aromatic rings. The van der Waals surface area contributed by atoms with Gasteiger partial charge in [-0.15, -0.1) is 11.3 Å². The van der Waals surface area contributed by atoms with Crippen molar-refractivity contribution in [3.05, 3.63) is 115 Å². The Labute approximate surface area is 241 Å². The van der Waals surface area contributed by atoms with Crippen LogP contribution in [0.3, 0.4) is 0 Å². The van der Waals surface area contributed by atoms with E-state index in [9.17, 15) is 5.11 Å². The first-order valence-electron chi connectivity index (χ1n) is 13.8. The molecular formula is C36H33BO2S. The maximum absolute atomic E-state index is 10.6. The highest BCUT2D eigenvalue weighted by Crippen LogP contribution is 2.37. The topological polar surface area (TPSA) is 29.5 Å². The molecule has 0 spiro atoms. The van der Waals surface area contributed by atoms with Crippen molar-refractivity contribution in [3.63, 3.8) is 0 Å². The molecule has 5 aromatic carbocycles. The Balaban J connectivity index is 1.37. The van der Waals surface area contributed by atoms with Gasteiger partial charge >= 0.3 is 7.48 Å². The molecule has 0 atom stereocenters. The lowest BCUT2D eigenvalue weighted by atomic mass is 9.80. The smallest absolute Gasteiger partial charge is 0.310 e. The van der Waals surface area contributed by atoms with Crippen LogP contribution in [0, 0.1) is 0 Å². The van der Waals surface area contributed by atoms with Crippen LogP contribution in [0.1, 0.15) is 27.7 Å². The van der Waals surface area contributed by atoms with Crippen LogP contribution in [0.5, 0.6) is 0 Å². The van der Waals surface area contributed by atoms with Crippen LogP contribution in [0.4, 0.5) is 0 Å². The average molecular weight is 541 g/mol. The summed E-state index contributed by atoms with van der Waals surface area (Å²) in [7, 11) is 0.442. The molecule has 0 aliphatic rings. The molecule has 0 radical (unpaired) electrons. The van der Waals surface area contributed by atoms with Crippen molar-refractivity contribution in [2.24, 2.45) is 0 Å². The molecule has 1 N–H and O–H groups in total. The van der Waals surface area contributed by atoms with Crippen molar-refractivity contribution in [1.82, 2.24) is 0 Å². The Morgan fingerprint density at radius 3 is 1.75 bits per heavy atom. The van der Waals surface area contributed by atoms with E-state index >= 15 is 0 Å². The zero-order chi connectivity index (χ0) is 27.9. The van der Waals surface area contributed by atoms with Gasteiger partial charge in [0.05, 0.1) is 11.2 Å². The first-order chi connectivity index (χ1) is 19.2. The van der Waals surface area contributed by atoms with E-state index in [0.717, 1.165) is 5.46 Å². The Bertz CT molecular complexity index is 1810. The number of benzene rings is 5. The summed E-state index contributed by atoms with van der Waals surface area (Å²) in [6.07, 6.45) is 0. The molecule has 0 saturated carbocycles. The van der Waals surface area contributed by atoms with Crippen molar-refractivity contribution < 1.29 is 9.76 Å². The molecule has 0 amide bonds. The minimum absolute atomic E-state index is 0.442. The van der Waals surface area contributed by atoms with E-state index in [2.05, 4.69) is 115 Å². The van der Waals surface area contributed by atoms with E-state index in [-0.39, 0.29) is 0 Å². The van der Waals surface area contributed by atoms with Gasteiger partial charge in [-0.3, -0.25) is 0 Å². The number of thiophene rings is 1. The minimum Gasteiger partial charge on any atom is -0.427 e. The third kappa shape index (κ3) is 5.11. The third-order valence-corrected chi connectivity index (χ3v) is 9.28. The Morgan fingerprint density at radius 1 is 0.575 bits per heavy atom. The van der Waals surface area contributed by atoms with Gasteiger partial charge in [-0.25, -0.2) is 0 Å². The minimum atomic E-state index is -0.948. The van der Waals surface area contributed by atoms with Crippen LogP contribution < -0.4 is 5.46 Å². The normalized spacial score (nSPS) is 12.2. The number of aliphatic hydroxyl groups is 1. The zero-order valence-corrected chi connectivity index (χ0v) is 24.3. The van der Waals surface area contributed by atoms with Crippen LogP contribution in [-0.4, -0.2) is 23.8 Å². The van der Waals surface area contributed by atoms with Crippen molar-refractivity contribution in [3.8, 4) is 33.4 Å². The monoisotopic (exact) mass is 540 g/mol. The molecule has 4 heteroatoms. The molecular weight excluding hydrogens is 507 g/mol. The van der Waals surface area contributed by atoms with E-state index < -0.39 is 11.2 Å². The van der Waals surface area contributed by atoms with Crippen LogP contribution in [-0.2, 0) is 4.65 Å². The predicted molar refractivity (Wildman–Crippen MR) is 174 cm³/mol. The largest absolute Gasteiger partial charge is 0.427 e. The van der Waals surface area contributed by atoms with Gasteiger partial charge in [-0.1, -0.05) is 84.9 Å². The fourth-order valence-electron chi connectivity index (χ4n) is 5.02. The van der Waals surface area contributed by atoms with Gasteiger partial charge in [-0.2, -0.15) is 0 Å². The molecule has 1 aromatic heterocycles. The molecule has 0 saturated heterocycles. The molecule has 0 fully saturated rings. The van der Waals surface area contributed by atoms with E-state index in [1.54, 1.807) is 13.8 Å². The van der Waals surface area contributed by atoms with Crippen molar-refractivity contribution in [2.45, 2.75) is 38.9 Å². The summed E-state index contributed by atoms with van der Waals surface area (Å²) in [5, 5.41) is 13.1. The van der Waals surface area contributed by atoms with Crippen LogP contribution in [0.2, 0.25) is 0 Å². The van der Waals surface area contributed by atoms with Crippen LogP contribution in [0.25, 0.3) is 53.6 Å². The highest BCUT2D eigenvalue weighted by Gasteiger charge is 2.35. The molecule has 0 aliphatic carbocycles. The quantitative estimate of drug-likeness (QED) is 0.206. The molecule has 0 aliphatic heterocycles. The lowest BCUT2D eigenvalue weighted by molar-refractivity contribution is -0.0893. The van der Waals surface area contributed by atoms with E-state index in [1.165, 1.54) is 53.6 Å². The number of fused-ring (bicyclic) bond motifs is 3. The standard InChI is InChI=1S/C36H33BO2S/c1-35(2,38)36(3,4)39-37-31-17-10-18-33-34(31)30-23-29(19-20-32(30)40-33)28-16-9-15-27(22-28)26-14-8-13-25(21-26)24-11-6-5-7-12-24/h5-23,37-38H,1-4H3. The summed E-state index contributed by atoms with van der Waals surface area (Å²) < 4.78 is 8.80. The van der Waals surface area contributed by atoms with Gasteiger partial charge in [0.25, 0.3) is 0 Å². The molecule has 0 bridgehead atoms. The lowest BCUT2D eigenvalue weighted by Crippen LogP contribution is -2.49. The zero-order valence-electron chi connectivity index (χ0n) is 23.4. The summed E-state index contributed by atoms with van der Waals surface area (Å²) in [5.41, 5.74) is 6.76. The second-order valence-corrected chi connectivity index (χ2v) is 12.6. The number of hydrogen-bond donors (Lipinski definition) is 1. The predicted octanol–water partition coefficient (Wildman–Crippen LogP) is 8.60. The summed E-state index contributed by atoms with van der Waals surface area (Å²) in [6, 6.07) is 41.3. The van der Waals surface area contributed by atoms with E-state index in [4.69, 9.17) is 4.65 Å². The molecule has 40 heavy (non-hydrogen) atoms. The third-order valence-electron chi connectivity index (χ3n) is 8.14. The highest BCUT2D eigenvalue weighted by atomic mass is 32.1. The van der Waals surface area contributed by atoms with Gasteiger partial charge in [-0.05, 0) is 102 Å². The second-order valence-electron chi connectivity index (χ2n) is 11.5. The summed E-state index contributed by atoms with van der Waals surface area (Å²) in [6.45, 7) is 7.48. The highest BCUT2D eigenvalue weighted by molar-refractivity contribution is 7.26. The average Bonchev–Trinajstić information content (AvgIpc) is 3.35. The van der Waals surface area contributed by atoms with Gasteiger partial charge in [0.2, 0.25) is 0 Å². The summed E-state index contributed by atoms with van der Waals surface area (Å²) >= 11 is 1.81. The second kappa shape index (κ2) is 10.4. The van der Waals surface area contributed by atoms with Gasteiger partial charge in [0.1, 0.15) is 0 Å². The van der Waals surface area contributed by atoms with E-state index in [0.29, 0.717) is 7.48 Å². The Kier molecular flexibility index (Phi) is 6.87. The molecule has 6 rings (SSSR count). The maximum atomic E-state index is 10.6. The number of hydrogen-bond acceptors (Lipinski definition) is 3. The van der Waals surface area contributed by atoms with Gasteiger partial charge in [0, 0.05) is 14.8 Å². The van der Waals surface area contributed by atoms with Crippen molar-refractivity contribution >= 4 is 44.5 Å².